The van der Waals surface area contributed by atoms with Crippen molar-refractivity contribution in [2.24, 2.45) is 0 Å². The number of pyridine rings is 4. The smallest absolute Gasteiger partial charge is 0.343 e. The Kier molecular flexibility index (Phi) is 12.1. The molecule has 12 nitrogen and oxygen atoms in total. The first-order chi connectivity index (χ1) is 31.4. The van der Waals surface area contributed by atoms with Crippen molar-refractivity contribution in [3.05, 3.63) is 126 Å². The predicted octanol–water partition coefficient (Wildman–Crippen LogP) is 8.41. The van der Waals surface area contributed by atoms with E-state index in [1.54, 1.807) is 35.1 Å². The summed E-state index contributed by atoms with van der Waals surface area (Å²) in [6.45, 7) is 13.5. The van der Waals surface area contributed by atoms with Crippen molar-refractivity contribution in [3.63, 3.8) is 0 Å². The van der Waals surface area contributed by atoms with E-state index in [1.165, 1.54) is 15.2 Å². The van der Waals surface area contributed by atoms with Gasteiger partial charge in [-0.2, -0.15) is 0 Å². The van der Waals surface area contributed by atoms with Gasteiger partial charge in [-0.3, -0.25) is 9.59 Å². The zero-order valence-electron chi connectivity index (χ0n) is 38.1. The van der Waals surface area contributed by atoms with Crippen molar-refractivity contribution in [3.8, 4) is 22.8 Å². The zero-order valence-corrected chi connectivity index (χ0v) is 43.1. The number of alkyl halides is 2. The summed E-state index contributed by atoms with van der Waals surface area (Å²) in [4.78, 5) is 61.7. The van der Waals surface area contributed by atoms with Crippen LogP contribution in [-0.2, 0) is 69.4 Å². The third kappa shape index (κ3) is 7.61. The zero-order chi connectivity index (χ0) is 47.1. The molecule has 0 amide bonds. The first-order valence-electron chi connectivity index (χ1n) is 22.7. The fraction of sp³-hybridized carbons (Fsp3) is 0.400. The molecule has 2 aromatic carbocycles. The maximum atomic E-state index is 13.5. The van der Waals surface area contributed by atoms with Crippen LogP contribution in [0, 0.1) is 0 Å². The third-order valence-corrected chi connectivity index (χ3v) is 27.3. The lowest BCUT2D eigenvalue weighted by Crippen LogP contribution is -2.44. The van der Waals surface area contributed by atoms with Crippen molar-refractivity contribution in [2.45, 2.75) is 115 Å². The highest BCUT2D eigenvalue weighted by Crippen LogP contribution is 2.43. The lowest BCUT2D eigenvalue weighted by Gasteiger charge is -2.31. The summed E-state index contributed by atoms with van der Waals surface area (Å²) in [5.41, 5.74) is 7.29. The molecule has 344 valence electrons. The van der Waals surface area contributed by atoms with Crippen LogP contribution in [0.5, 0.6) is 0 Å². The van der Waals surface area contributed by atoms with E-state index in [4.69, 9.17) is 31.0 Å². The SMILES string of the molecule is CC[C@@]1(O)C(=O)OCc2c1cc1n(c2=O)Cc2c-1nc1ccccc1c2CC[Si](C)(C)CCl.CC[C@@]1(O)C(=O)OCc2c1cc1n(c2=O)Cc2c-1nc1ccccc1c2CC[Si](C)(C)CI. The van der Waals surface area contributed by atoms with Gasteiger partial charge in [0.2, 0.25) is 0 Å². The van der Waals surface area contributed by atoms with Gasteiger partial charge in [-0.05, 0) is 65.1 Å². The average molecular weight is 1060 g/mol. The lowest BCUT2D eigenvalue weighted by molar-refractivity contribution is -0.172. The summed E-state index contributed by atoms with van der Waals surface area (Å²) in [7, 11) is -2.85. The fourth-order valence-corrected chi connectivity index (χ4v) is 13.5. The van der Waals surface area contributed by atoms with E-state index < -0.39 is 39.3 Å². The molecule has 0 fully saturated rings. The van der Waals surface area contributed by atoms with Gasteiger partial charge in [0.1, 0.15) is 13.2 Å². The van der Waals surface area contributed by atoms with E-state index in [0.717, 1.165) is 69.3 Å². The van der Waals surface area contributed by atoms with Crippen LogP contribution in [0.2, 0.25) is 38.3 Å². The Morgan fingerprint density at radius 3 is 1.47 bits per heavy atom. The number of hydrogen-bond donors (Lipinski definition) is 2. The summed E-state index contributed by atoms with van der Waals surface area (Å²) < 4.78 is 15.0. The Morgan fingerprint density at radius 1 is 0.667 bits per heavy atom. The molecule has 4 aliphatic heterocycles. The van der Waals surface area contributed by atoms with E-state index in [1.807, 2.05) is 36.4 Å². The van der Waals surface area contributed by atoms with Gasteiger partial charge in [0.05, 0.1) is 74.2 Å². The quantitative estimate of drug-likeness (QED) is 0.0589. The number of para-hydroxylation sites is 2. The number of carbonyl (C=O) groups excluding carboxylic acids is 2. The normalized spacial score (nSPS) is 19.2. The minimum Gasteiger partial charge on any atom is -0.458 e. The highest BCUT2D eigenvalue weighted by molar-refractivity contribution is 14.1. The van der Waals surface area contributed by atoms with Gasteiger partial charge < -0.3 is 28.8 Å². The molecule has 8 heterocycles. The molecule has 0 radical (unpaired) electrons. The minimum atomic E-state index is -1.82. The number of carbonyl (C=O) groups is 2. The number of rotatable bonds is 10. The highest BCUT2D eigenvalue weighted by Gasteiger charge is 2.47. The summed E-state index contributed by atoms with van der Waals surface area (Å²) in [5.74, 6) is -1.40. The number of halogens is 2. The van der Waals surface area contributed by atoms with Crippen LogP contribution < -0.4 is 11.1 Å². The number of nitrogens with zero attached hydrogens (tertiary/aromatic N) is 4. The first kappa shape index (κ1) is 46.6. The van der Waals surface area contributed by atoms with Gasteiger partial charge in [0, 0.05) is 38.5 Å². The number of fused-ring (bicyclic) bond motifs is 10. The van der Waals surface area contributed by atoms with Gasteiger partial charge in [0.25, 0.3) is 11.1 Å². The largest absolute Gasteiger partial charge is 0.458 e. The fourth-order valence-electron chi connectivity index (χ4n) is 9.86. The summed E-state index contributed by atoms with van der Waals surface area (Å²) >= 11 is 8.76. The van der Waals surface area contributed by atoms with Crippen LogP contribution in [0.25, 0.3) is 44.6 Å². The molecule has 0 spiro atoms. The minimum absolute atomic E-state index is 0.107. The standard InChI is InChI=1S/C25H27ClN2O4Si.C25H27IN2O4Si/c2*1-4-25(31)19-11-21-22-17(12-28(21)23(29)18(19)13-32-24(25)30)15(9-10-33(2,3)14-26)16-7-5-6-8-20(16)27-22/h2*5-8,11,31H,4,9-10,12-14H2,1-3H3/t2*25-/m00/s1. The van der Waals surface area contributed by atoms with Crippen LogP contribution >= 0.6 is 34.2 Å². The maximum Gasteiger partial charge on any atom is 0.343 e. The lowest BCUT2D eigenvalue weighted by atomic mass is 9.86. The number of benzene rings is 2. The van der Waals surface area contributed by atoms with E-state index >= 15 is 0 Å². The number of aliphatic hydroxyl groups is 2. The summed E-state index contributed by atoms with van der Waals surface area (Å²) in [6, 6.07) is 22.0. The van der Waals surface area contributed by atoms with Crippen molar-refractivity contribution in [1.29, 1.82) is 0 Å². The van der Waals surface area contributed by atoms with Gasteiger partial charge >= 0.3 is 11.9 Å². The van der Waals surface area contributed by atoms with Crippen molar-refractivity contribution in [2.75, 3.05) is 9.55 Å². The third-order valence-electron chi connectivity index (χ3n) is 14.3. The monoisotopic (exact) mass is 1060 g/mol. The van der Waals surface area contributed by atoms with Crippen LogP contribution in [0.4, 0.5) is 0 Å². The predicted molar refractivity (Wildman–Crippen MR) is 271 cm³/mol. The van der Waals surface area contributed by atoms with E-state index in [0.29, 0.717) is 52.2 Å². The molecule has 4 aromatic heterocycles. The van der Waals surface area contributed by atoms with E-state index in [-0.39, 0.29) is 37.2 Å². The highest BCUT2D eigenvalue weighted by atomic mass is 127. The molecule has 0 aliphatic carbocycles. The number of esters is 2. The van der Waals surface area contributed by atoms with Crippen LogP contribution in [0.1, 0.15) is 71.2 Å². The molecule has 2 N–H and O–H groups in total. The first-order valence-corrected chi connectivity index (χ1v) is 31.6. The molecular weight excluding hydrogens is 1000 g/mol. The Labute approximate surface area is 403 Å². The molecule has 6 aromatic rings. The van der Waals surface area contributed by atoms with Crippen molar-refractivity contribution >= 4 is 84.1 Å². The van der Waals surface area contributed by atoms with E-state index in [9.17, 15) is 29.4 Å². The molecule has 4 aliphatic rings. The van der Waals surface area contributed by atoms with Gasteiger partial charge in [-0.15, -0.1) is 11.6 Å². The summed E-state index contributed by atoms with van der Waals surface area (Å²) in [5, 5.41) is 24.4. The van der Waals surface area contributed by atoms with Crippen LogP contribution in [-0.4, -0.2) is 67.0 Å². The molecule has 0 saturated heterocycles. The van der Waals surface area contributed by atoms with E-state index in [2.05, 4.69) is 60.9 Å². The Hall–Kier alpha value is -4.53. The second-order valence-corrected chi connectivity index (χ2v) is 33.0. The Balaban J connectivity index is 0.000000166. The molecule has 16 heteroatoms. The second kappa shape index (κ2) is 17.2. The molecule has 0 saturated carbocycles. The van der Waals surface area contributed by atoms with Crippen LogP contribution in [0.15, 0.2) is 70.3 Å². The molecule has 0 unspecified atom stereocenters. The number of aromatic nitrogens is 4. The molecular formula is C50H54ClIN4O8Si2. The number of cyclic esters (lactones) is 2. The number of ether oxygens (including phenoxy) is 2. The van der Waals surface area contributed by atoms with Crippen molar-refractivity contribution in [1.82, 2.24) is 19.1 Å². The van der Waals surface area contributed by atoms with Gasteiger partial charge in [-0.1, -0.05) is 111 Å². The average Bonchev–Trinajstić information content (AvgIpc) is 3.88. The van der Waals surface area contributed by atoms with Gasteiger partial charge in [-0.25, -0.2) is 19.6 Å². The number of hydrogen-bond acceptors (Lipinski definition) is 10. The van der Waals surface area contributed by atoms with Crippen molar-refractivity contribution < 1.29 is 29.3 Å². The Morgan fingerprint density at radius 2 is 1.08 bits per heavy atom. The number of aryl methyl sites for hydroxylation is 2. The Bertz CT molecular complexity index is 2940. The molecule has 66 heavy (non-hydrogen) atoms. The summed E-state index contributed by atoms with van der Waals surface area (Å²) in [6.07, 6.45) is 2.10. The molecule has 2 atom stereocenters. The second-order valence-electron chi connectivity index (χ2n) is 19.7. The van der Waals surface area contributed by atoms with Crippen LogP contribution in [0.3, 0.4) is 0 Å². The molecule has 0 bridgehead atoms. The topological polar surface area (TPSA) is 163 Å². The maximum absolute atomic E-state index is 13.5. The molecule has 10 rings (SSSR count). The van der Waals surface area contributed by atoms with Gasteiger partial charge in [0.15, 0.2) is 11.2 Å².